The molecule has 118 valence electrons. The van der Waals surface area contributed by atoms with Gasteiger partial charge in [-0.2, -0.15) is 0 Å². The lowest BCUT2D eigenvalue weighted by Gasteiger charge is -2.19. The van der Waals surface area contributed by atoms with Crippen molar-refractivity contribution in [3.05, 3.63) is 33.9 Å². The smallest absolute Gasteiger partial charge is 0.292 e. The third-order valence-electron chi connectivity index (χ3n) is 2.90. The van der Waals surface area contributed by atoms with Gasteiger partial charge in [0.2, 0.25) is 0 Å². The number of benzene rings is 1. The van der Waals surface area contributed by atoms with Crippen molar-refractivity contribution in [1.29, 1.82) is 0 Å². The highest BCUT2D eigenvalue weighted by atomic mass is 35.5. The van der Waals surface area contributed by atoms with Gasteiger partial charge in [-0.3, -0.25) is 14.9 Å². The largest absolute Gasteiger partial charge is 0.393 e. The molecule has 0 radical (unpaired) electrons. The summed E-state index contributed by atoms with van der Waals surface area (Å²) in [6.07, 6.45) is 0.733. The zero-order valence-electron chi connectivity index (χ0n) is 12.0. The number of anilines is 1. The van der Waals surface area contributed by atoms with E-state index in [1.54, 1.807) is 0 Å². The van der Waals surface area contributed by atoms with E-state index in [4.69, 9.17) is 11.5 Å². The van der Waals surface area contributed by atoms with Gasteiger partial charge in [-0.05, 0) is 18.4 Å². The maximum Gasteiger partial charge on any atom is 0.292 e. The summed E-state index contributed by atoms with van der Waals surface area (Å²) in [6, 6.07) is 3.98. The number of nitrogen functional groups attached to an aromatic ring is 1. The van der Waals surface area contributed by atoms with Crippen LogP contribution in [0.4, 0.5) is 11.4 Å². The Morgan fingerprint density at radius 1 is 1.43 bits per heavy atom. The summed E-state index contributed by atoms with van der Waals surface area (Å²) in [7, 11) is 0. The molecule has 1 atom stereocenters. The Kier molecular flexibility index (Phi) is 7.69. The van der Waals surface area contributed by atoms with Crippen LogP contribution in [0.25, 0.3) is 0 Å². The van der Waals surface area contributed by atoms with Crippen molar-refractivity contribution in [3.63, 3.8) is 0 Å². The van der Waals surface area contributed by atoms with Crippen LogP contribution >= 0.6 is 12.4 Å². The molecule has 1 aromatic carbocycles. The van der Waals surface area contributed by atoms with Crippen molar-refractivity contribution in [2.75, 3.05) is 12.3 Å². The van der Waals surface area contributed by atoms with E-state index in [0.717, 1.165) is 6.42 Å². The van der Waals surface area contributed by atoms with E-state index >= 15 is 0 Å². The van der Waals surface area contributed by atoms with E-state index in [2.05, 4.69) is 5.32 Å². The highest BCUT2D eigenvalue weighted by molar-refractivity contribution is 6.01. The first-order chi connectivity index (χ1) is 9.36. The molecule has 0 aliphatic heterocycles. The molecular formula is C13H21ClN4O3. The van der Waals surface area contributed by atoms with Crippen molar-refractivity contribution in [2.24, 2.45) is 11.7 Å². The molecule has 0 spiro atoms. The van der Waals surface area contributed by atoms with Gasteiger partial charge < -0.3 is 16.8 Å². The Labute approximate surface area is 129 Å². The lowest BCUT2D eigenvalue weighted by Crippen LogP contribution is -2.41. The van der Waals surface area contributed by atoms with Crippen molar-refractivity contribution in [1.82, 2.24) is 5.32 Å². The fraction of sp³-hybridized carbons (Fsp3) is 0.462. The van der Waals surface area contributed by atoms with Crippen LogP contribution < -0.4 is 16.8 Å². The van der Waals surface area contributed by atoms with Gasteiger partial charge >= 0.3 is 0 Å². The molecule has 0 aromatic heterocycles. The third-order valence-corrected chi connectivity index (χ3v) is 2.90. The highest BCUT2D eigenvalue weighted by Crippen LogP contribution is 2.24. The molecule has 0 saturated heterocycles. The zero-order valence-corrected chi connectivity index (χ0v) is 12.9. The fourth-order valence-electron chi connectivity index (χ4n) is 1.96. The van der Waals surface area contributed by atoms with E-state index in [1.807, 2.05) is 13.8 Å². The number of carbonyl (C=O) groups excluding carboxylic acids is 1. The van der Waals surface area contributed by atoms with Gasteiger partial charge in [-0.25, -0.2) is 0 Å². The van der Waals surface area contributed by atoms with Crippen LogP contribution in [0.15, 0.2) is 18.2 Å². The number of rotatable bonds is 6. The summed E-state index contributed by atoms with van der Waals surface area (Å²) in [5.41, 5.74) is 11.0. The Balaban J connectivity index is 0.00000400. The molecular weight excluding hydrogens is 296 g/mol. The molecule has 0 heterocycles. The summed E-state index contributed by atoms with van der Waals surface area (Å²) in [4.78, 5) is 22.3. The quantitative estimate of drug-likeness (QED) is 0.418. The Bertz CT molecular complexity index is 508. The van der Waals surface area contributed by atoms with E-state index < -0.39 is 10.8 Å². The molecule has 1 aromatic rings. The van der Waals surface area contributed by atoms with Crippen molar-refractivity contribution >= 4 is 29.7 Å². The van der Waals surface area contributed by atoms with Gasteiger partial charge in [0.15, 0.2) is 0 Å². The molecule has 0 saturated carbocycles. The van der Waals surface area contributed by atoms with Crippen LogP contribution in [0, 0.1) is 16.0 Å². The minimum atomic E-state index is -0.610. The zero-order chi connectivity index (χ0) is 15.3. The minimum absolute atomic E-state index is 0. The summed E-state index contributed by atoms with van der Waals surface area (Å²) in [5, 5.41) is 13.5. The molecule has 0 fully saturated rings. The monoisotopic (exact) mass is 316 g/mol. The van der Waals surface area contributed by atoms with Crippen LogP contribution in [0.3, 0.4) is 0 Å². The number of nitro groups is 1. The number of para-hydroxylation sites is 1. The summed E-state index contributed by atoms with van der Waals surface area (Å²) < 4.78 is 0. The lowest BCUT2D eigenvalue weighted by atomic mass is 10.0. The molecule has 0 aliphatic carbocycles. The topological polar surface area (TPSA) is 124 Å². The molecule has 0 bridgehead atoms. The standard InChI is InChI=1S/C13H20N4O3.ClH/c1-8(2)6-9(7-14)16-13(18)10-4-3-5-11(12(10)15)17(19)20;/h3-5,8-9H,6-7,14-15H2,1-2H3,(H,16,18);1H. The number of nitro benzene ring substituents is 1. The van der Waals surface area contributed by atoms with Crippen LogP contribution in [-0.4, -0.2) is 23.4 Å². The maximum atomic E-state index is 12.1. The van der Waals surface area contributed by atoms with Crippen LogP contribution in [0.2, 0.25) is 0 Å². The first kappa shape index (κ1) is 19.1. The van der Waals surface area contributed by atoms with Gasteiger partial charge in [0.25, 0.3) is 11.6 Å². The number of hydrogen-bond acceptors (Lipinski definition) is 5. The number of hydrogen-bond donors (Lipinski definition) is 3. The molecule has 8 heteroatoms. The molecule has 5 N–H and O–H groups in total. The molecule has 0 aliphatic rings. The van der Waals surface area contributed by atoms with E-state index in [-0.39, 0.29) is 35.4 Å². The average Bonchev–Trinajstić information content (AvgIpc) is 2.37. The fourth-order valence-corrected chi connectivity index (χ4v) is 1.96. The van der Waals surface area contributed by atoms with Crippen molar-refractivity contribution in [3.8, 4) is 0 Å². The number of nitrogens with one attached hydrogen (secondary N) is 1. The predicted octanol–water partition coefficient (Wildman–Crippen LogP) is 1.70. The van der Waals surface area contributed by atoms with Gasteiger partial charge in [0.1, 0.15) is 5.69 Å². The lowest BCUT2D eigenvalue weighted by molar-refractivity contribution is -0.383. The summed E-state index contributed by atoms with van der Waals surface area (Å²) in [6.45, 7) is 4.35. The first-order valence-corrected chi connectivity index (χ1v) is 6.40. The van der Waals surface area contributed by atoms with Crippen LogP contribution in [0.5, 0.6) is 0 Å². The van der Waals surface area contributed by atoms with Crippen molar-refractivity contribution < 1.29 is 9.72 Å². The Hall–Kier alpha value is -1.86. The first-order valence-electron chi connectivity index (χ1n) is 6.40. The average molecular weight is 317 g/mol. The number of halogens is 1. The molecule has 1 unspecified atom stereocenters. The Morgan fingerprint density at radius 3 is 2.52 bits per heavy atom. The van der Waals surface area contributed by atoms with Crippen LogP contribution in [-0.2, 0) is 0 Å². The number of carbonyl (C=O) groups is 1. The van der Waals surface area contributed by atoms with Gasteiger partial charge in [-0.15, -0.1) is 12.4 Å². The van der Waals surface area contributed by atoms with Gasteiger partial charge in [0, 0.05) is 18.7 Å². The normalized spacial score (nSPS) is 11.6. The third kappa shape index (κ3) is 5.20. The predicted molar refractivity (Wildman–Crippen MR) is 84.5 cm³/mol. The summed E-state index contributed by atoms with van der Waals surface area (Å²) >= 11 is 0. The summed E-state index contributed by atoms with van der Waals surface area (Å²) in [5.74, 6) is -0.0615. The SMILES string of the molecule is CC(C)CC(CN)NC(=O)c1cccc([N+](=O)[O-])c1N.Cl. The second-order valence-electron chi connectivity index (χ2n) is 5.03. The number of nitrogens with two attached hydrogens (primary N) is 2. The van der Waals surface area contributed by atoms with Crippen LogP contribution in [0.1, 0.15) is 30.6 Å². The van der Waals surface area contributed by atoms with E-state index in [0.29, 0.717) is 12.5 Å². The van der Waals surface area contributed by atoms with E-state index in [1.165, 1.54) is 18.2 Å². The molecule has 21 heavy (non-hydrogen) atoms. The minimum Gasteiger partial charge on any atom is -0.393 e. The molecule has 1 amide bonds. The second-order valence-corrected chi connectivity index (χ2v) is 5.03. The number of nitrogens with zero attached hydrogens (tertiary/aromatic N) is 1. The highest BCUT2D eigenvalue weighted by Gasteiger charge is 2.21. The van der Waals surface area contributed by atoms with Gasteiger partial charge in [0.05, 0.1) is 10.5 Å². The van der Waals surface area contributed by atoms with Gasteiger partial charge in [-0.1, -0.05) is 19.9 Å². The number of amides is 1. The molecule has 1 rings (SSSR count). The maximum absolute atomic E-state index is 12.1. The second kappa shape index (κ2) is 8.43. The van der Waals surface area contributed by atoms with Crippen molar-refractivity contribution in [2.45, 2.75) is 26.3 Å². The molecule has 7 nitrogen and oxygen atoms in total. The van der Waals surface area contributed by atoms with E-state index in [9.17, 15) is 14.9 Å². The Morgan fingerprint density at radius 2 is 2.05 bits per heavy atom.